The Hall–Kier alpha value is -4.47. The van der Waals surface area contributed by atoms with Gasteiger partial charge in [0.25, 0.3) is 11.8 Å². The fourth-order valence-corrected chi connectivity index (χ4v) is 4.04. The molecule has 0 atom stereocenters. The van der Waals surface area contributed by atoms with Crippen LogP contribution in [0.5, 0.6) is 11.5 Å². The molecule has 2 aromatic carbocycles. The van der Waals surface area contributed by atoms with Gasteiger partial charge in [-0.15, -0.1) is 0 Å². The summed E-state index contributed by atoms with van der Waals surface area (Å²) in [7, 11) is 5.62. The molecule has 0 unspecified atom stereocenters. The Balaban J connectivity index is 1.52. The molecule has 4 aromatic rings. The Kier molecular flexibility index (Phi) is 9.09. The number of rotatable bonds is 11. The molecule has 2 amide bonds. The maximum atomic E-state index is 13.6. The van der Waals surface area contributed by atoms with Gasteiger partial charge in [-0.3, -0.25) is 14.6 Å². The lowest BCUT2D eigenvalue weighted by atomic mass is 10.1. The first-order valence-electron chi connectivity index (χ1n) is 12.8. The molecule has 0 aliphatic carbocycles. The number of nitrogens with one attached hydrogen (secondary N) is 3. The third-order valence-electron chi connectivity index (χ3n) is 6.02. The molecule has 0 aliphatic rings. The van der Waals surface area contributed by atoms with Crippen molar-refractivity contribution in [3.05, 3.63) is 96.1 Å². The van der Waals surface area contributed by atoms with Crippen molar-refractivity contribution in [3.8, 4) is 22.6 Å². The summed E-state index contributed by atoms with van der Waals surface area (Å²) in [6.07, 6.45) is 4.23. The van der Waals surface area contributed by atoms with Gasteiger partial charge in [0.2, 0.25) is 0 Å². The number of aryl methyl sites for hydroxylation is 1. The zero-order valence-electron chi connectivity index (χ0n) is 22.7. The first kappa shape index (κ1) is 27.6. The fourth-order valence-electron chi connectivity index (χ4n) is 4.04. The van der Waals surface area contributed by atoms with Crippen LogP contribution in [-0.2, 0) is 0 Å². The number of aromatic nitrogens is 2. The van der Waals surface area contributed by atoms with E-state index in [-0.39, 0.29) is 17.5 Å². The van der Waals surface area contributed by atoms with Crippen molar-refractivity contribution >= 4 is 17.5 Å². The summed E-state index contributed by atoms with van der Waals surface area (Å²) in [4.78, 5) is 34.8. The molecule has 3 N–H and O–H groups in total. The van der Waals surface area contributed by atoms with Gasteiger partial charge in [0.1, 0.15) is 22.9 Å². The fraction of sp³-hybridized carbons (Fsp3) is 0.233. The highest BCUT2D eigenvalue weighted by Crippen LogP contribution is 2.28. The second-order valence-electron chi connectivity index (χ2n) is 9.43. The summed E-state index contributed by atoms with van der Waals surface area (Å²) in [5, 5.41) is 4.16. The number of anilines is 1. The van der Waals surface area contributed by atoms with Gasteiger partial charge in [-0.2, -0.15) is 0 Å². The second kappa shape index (κ2) is 12.9. The Morgan fingerprint density at radius 1 is 0.974 bits per heavy atom. The van der Waals surface area contributed by atoms with Gasteiger partial charge in [-0.25, -0.2) is 10.4 Å². The monoisotopic (exact) mass is 526 g/mol. The molecule has 2 heterocycles. The standard InChI is InChI=1S/C30H34N6O3/c1-21-8-5-10-24(16-21)36(34-13-7-15-35(3)4)30(38)28-18-23(20-33-28)22-9-6-11-25(17-22)39-26-12-14-32-27(19-26)29(37)31-2/h5-6,8-12,14,16-20,33-34H,7,13,15H2,1-4H3,(H,31,37). The summed E-state index contributed by atoms with van der Waals surface area (Å²) in [6, 6.07) is 20.5. The summed E-state index contributed by atoms with van der Waals surface area (Å²) in [5.41, 5.74) is 7.61. The van der Waals surface area contributed by atoms with Gasteiger partial charge in [0, 0.05) is 37.6 Å². The number of pyridine rings is 1. The number of amides is 2. The van der Waals surface area contributed by atoms with E-state index in [1.165, 1.54) is 6.20 Å². The molecular formula is C30H34N6O3. The average molecular weight is 527 g/mol. The quantitative estimate of drug-likeness (QED) is 0.194. The summed E-state index contributed by atoms with van der Waals surface area (Å²) in [6.45, 7) is 3.58. The molecule has 9 nitrogen and oxygen atoms in total. The Bertz CT molecular complexity index is 1430. The normalized spacial score (nSPS) is 10.9. The van der Waals surface area contributed by atoms with Crippen LogP contribution < -0.4 is 20.5 Å². The van der Waals surface area contributed by atoms with Crippen molar-refractivity contribution in [2.75, 3.05) is 39.2 Å². The van der Waals surface area contributed by atoms with Crippen molar-refractivity contribution in [2.45, 2.75) is 13.3 Å². The van der Waals surface area contributed by atoms with Crippen molar-refractivity contribution in [3.63, 3.8) is 0 Å². The number of ether oxygens (including phenoxy) is 1. The van der Waals surface area contributed by atoms with Gasteiger partial charge in [-0.05, 0) is 81.5 Å². The van der Waals surface area contributed by atoms with E-state index in [0.29, 0.717) is 23.7 Å². The van der Waals surface area contributed by atoms with E-state index in [1.54, 1.807) is 24.2 Å². The van der Waals surface area contributed by atoms with Crippen LogP contribution in [0.4, 0.5) is 5.69 Å². The number of hydrogen-bond acceptors (Lipinski definition) is 6. The van der Waals surface area contributed by atoms with Crippen molar-refractivity contribution in [2.24, 2.45) is 0 Å². The molecule has 39 heavy (non-hydrogen) atoms. The molecule has 4 rings (SSSR count). The van der Waals surface area contributed by atoms with Crippen molar-refractivity contribution in [1.29, 1.82) is 0 Å². The molecule has 0 spiro atoms. The Morgan fingerprint density at radius 2 is 1.77 bits per heavy atom. The van der Waals surface area contributed by atoms with Gasteiger partial charge in [-0.1, -0.05) is 24.3 Å². The molecule has 0 fully saturated rings. The lowest BCUT2D eigenvalue weighted by Crippen LogP contribution is -2.44. The van der Waals surface area contributed by atoms with Crippen molar-refractivity contribution < 1.29 is 14.3 Å². The highest BCUT2D eigenvalue weighted by atomic mass is 16.5. The van der Waals surface area contributed by atoms with E-state index in [0.717, 1.165) is 35.3 Å². The summed E-state index contributed by atoms with van der Waals surface area (Å²) < 4.78 is 5.99. The smallest absolute Gasteiger partial charge is 0.289 e. The second-order valence-corrected chi connectivity index (χ2v) is 9.43. The van der Waals surface area contributed by atoms with Gasteiger partial charge in [0.05, 0.1) is 5.69 Å². The predicted octanol–water partition coefficient (Wildman–Crippen LogP) is 4.64. The third-order valence-corrected chi connectivity index (χ3v) is 6.02. The minimum absolute atomic E-state index is 0.178. The van der Waals surface area contributed by atoms with E-state index in [1.807, 2.05) is 81.8 Å². The Morgan fingerprint density at radius 3 is 2.54 bits per heavy atom. The molecule has 0 radical (unpaired) electrons. The lowest BCUT2D eigenvalue weighted by molar-refractivity contribution is 0.0954. The number of carbonyl (C=O) groups excluding carboxylic acids is 2. The van der Waals surface area contributed by atoms with Gasteiger partial charge in [0.15, 0.2) is 0 Å². The van der Waals surface area contributed by atoms with E-state index < -0.39 is 0 Å². The average Bonchev–Trinajstić information content (AvgIpc) is 3.43. The molecule has 0 saturated carbocycles. The maximum absolute atomic E-state index is 13.6. The van der Waals surface area contributed by atoms with Crippen LogP contribution in [-0.4, -0.2) is 60.9 Å². The number of benzene rings is 2. The highest BCUT2D eigenvalue weighted by molar-refractivity contribution is 6.05. The maximum Gasteiger partial charge on any atom is 0.289 e. The highest BCUT2D eigenvalue weighted by Gasteiger charge is 2.20. The lowest BCUT2D eigenvalue weighted by Gasteiger charge is -2.24. The zero-order chi connectivity index (χ0) is 27.8. The Labute approximate surface area is 228 Å². The minimum atomic E-state index is -0.286. The molecular weight excluding hydrogens is 492 g/mol. The van der Waals surface area contributed by atoms with Crippen LogP contribution in [0.25, 0.3) is 11.1 Å². The number of carbonyl (C=O) groups is 2. The van der Waals surface area contributed by atoms with Gasteiger partial charge >= 0.3 is 0 Å². The van der Waals surface area contributed by atoms with Crippen LogP contribution in [0.15, 0.2) is 79.1 Å². The molecule has 202 valence electrons. The first-order valence-corrected chi connectivity index (χ1v) is 12.8. The SMILES string of the molecule is CNC(=O)c1cc(Oc2cccc(-c3c[nH]c(C(=O)N(NCCCN(C)C)c4cccc(C)c4)c3)c2)ccn1. The molecule has 0 saturated heterocycles. The third kappa shape index (κ3) is 7.31. The van der Waals surface area contributed by atoms with Crippen LogP contribution >= 0.6 is 0 Å². The van der Waals surface area contributed by atoms with Crippen molar-refractivity contribution in [1.82, 2.24) is 25.6 Å². The van der Waals surface area contributed by atoms with Crippen LogP contribution in [0.3, 0.4) is 0 Å². The largest absolute Gasteiger partial charge is 0.457 e. The predicted molar refractivity (Wildman–Crippen MR) is 153 cm³/mol. The summed E-state index contributed by atoms with van der Waals surface area (Å²) >= 11 is 0. The number of hydrogen-bond donors (Lipinski definition) is 3. The van der Waals surface area contributed by atoms with E-state index >= 15 is 0 Å². The van der Waals surface area contributed by atoms with E-state index in [4.69, 9.17) is 4.74 Å². The number of H-pyrrole nitrogens is 1. The molecule has 2 aromatic heterocycles. The zero-order valence-corrected chi connectivity index (χ0v) is 22.7. The molecule has 0 aliphatic heterocycles. The molecule has 9 heteroatoms. The van der Waals surface area contributed by atoms with Crippen LogP contribution in [0.2, 0.25) is 0 Å². The summed E-state index contributed by atoms with van der Waals surface area (Å²) in [5.74, 6) is 0.632. The van der Waals surface area contributed by atoms with E-state index in [2.05, 4.69) is 25.6 Å². The van der Waals surface area contributed by atoms with E-state index in [9.17, 15) is 9.59 Å². The topological polar surface area (TPSA) is 103 Å². The van der Waals surface area contributed by atoms with Crippen LogP contribution in [0, 0.1) is 6.92 Å². The number of aromatic amines is 1. The first-order chi connectivity index (χ1) is 18.8. The van der Waals surface area contributed by atoms with Gasteiger partial charge < -0.3 is 19.9 Å². The molecule has 0 bridgehead atoms. The van der Waals surface area contributed by atoms with Crippen LogP contribution in [0.1, 0.15) is 33.0 Å². The minimum Gasteiger partial charge on any atom is -0.457 e. The number of hydrazine groups is 1. The number of nitrogens with zero attached hydrogens (tertiary/aromatic N) is 3.